The largest absolute Gasteiger partial charge is 0.460 e. The van der Waals surface area contributed by atoms with Crippen LogP contribution in [0.1, 0.15) is 18.9 Å². The smallest absolute Gasteiger partial charge is 0.347 e. The Labute approximate surface area is 166 Å². The van der Waals surface area contributed by atoms with Crippen molar-refractivity contribution < 1.29 is 19.1 Å². The van der Waals surface area contributed by atoms with E-state index in [4.69, 9.17) is 9.47 Å². The van der Waals surface area contributed by atoms with Crippen LogP contribution in [0.5, 0.6) is 0 Å². The van der Waals surface area contributed by atoms with E-state index >= 15 is 0 Å². The maximum atomic E-state index is 12.2. The second-order valence-electron chi connectivity index (χ2n) is 6.43. The molecule has 0 bridgehead atoms. The molecule has 0 amide bonds. The minimum absolute atomic E-state index is 0.233. The van der Waals surface area contributed by atoms with Gasteiger partial charge in [0.15, 0.2) is 0 Å². The molecule has 0 aliphatic carbocycles. The number of nitrogens with zero attached hydrogens (tertiary/aromatic N) is 2. The Bertz CT molecular complexity index is 1010. The normalized spacial score (nSPS) is 19.1. The number of hydrogen-bond donors (Lipinski definition) is 0. The van der Waals surface area contributed by atoms with Gasteiger partial charge in [0.2, 0.25) is 6.10 Å². The number of cyclic esters (lactones) is 1. The third-order valence-electron chi connectivity index (χ3n) is 4.30. The van der Waals surface area contributed by atoms with E-state index in [0.29, 0.717) is 6.42 Å². The number of carbonyl (C=O) groups is 2. The Morgan fingerprint density at radius 1 is 1.29 bits per heavy atom. The zero-order valence-corrected chi connectivity index (χ0v) is 16.0. The molecule has 1 aliphatic heterocycles. The van der Waals surface area contributed by atoms with Crippen LogP contribution in [0.3, 0.4) is 0 Å². The minimum Gasteiger partial charge on any atom is -0.460 e. The van der Waals surface area contributed by atoms with Crippen LogP contribution in [0, 0.1) is 0 Å². The molecule has 3 heterocycles. The Hall–Kier alpha value is -3.19. The maximum absolute atomic E-state index is 12.2. The lowest BCUT2D eigenvalue weighted by Gasteiger charge is -2.05. The predicted octanol–water partition coefficient (Wildman–Crippen LogP) is 3.86. The quantitative estimate of drug-likeness (QED) is 0.485. The van der Waals surface area contributed by atoms with Crippen molar-refractivity contribution in [2.24, 2.45) is 0 Å². The average molecular weight is 394 g/mol. The molecule has 0 radical (unpaired) electrons. The maximum Gasteiger partial charge on any atom is 0.347 e. The molecule has 0 saturated carbocycles. The van der Waals surface area contributed by atoms with E-state index < -0.39 is 18.0 Å². The van der Waals surface area contributed by atoms with E-state index in [9.17, 15) is 9.59 Å². The van der Waals surface area contributed by atoms with Gasteiger partial charge in [-0.2, -0.15) is 5.10 Å². The van der Waals surface area contributed by atoms with Crippen molar-refractivity contribution in [2.45, 2.75) is 25.6 Å². The minimum atomic E-state index is -0.837. The molecule has 4 rings (SSSR count). The van der Waals surface area contributed by atoms with Crippen LogP contribution in [0.15, 0.2) is 60.1 Å². The summed E-state index contributed by atoms with van der Waals surface area (Å²) in [6, 6.07) is 13.7. The molecule has 7 heteroatoms. The Kier molecular flexibility index (Phi) is 5.08. The van der Waals surface area contributed by atoms with Crippen molar-refractivity contribution in [3.63, 3.8) is 0 Å². The van der Waals surface area contributed by atoms with Crippen LogP contribution < -0.4 is 0 Å². The first-order valence-corrected chi connectivity index (χ1v) is 9.76. The molecule has 6 nitrogen and oxygen atoms in total. The second-order valence-corrected chi connectivity index (χ2v) is 7.38. The summed E-state index contributed by atoms with van der Waals surface area (Å²) in [4.78, 5) is 24.8. The summed E-state index contributed by atoms with van der Waals surface area (Å²) in [5.74, 6) is -1.08. The van der Waals surface area contributed by atoms with Gasteiger partial charge in [-0.15, -0.1) is 11.3 Å². The van der Waals surface area contributed by atoms with Gasteiger partial charge >= 0.3 is 11.9 Å². The highest BCUT2D eigenvalue weighted by atomic mass is 32.1. The number of benzene rings is 1. The van der Waals surface area contributed by atoms with E-state index in [0.717, 1.165) is 21.8 Å². The molecule has 1 aliphatic rings. The van der Waals surface area contributed by atoms with Gasteiger partial charge in [0.05, 0.1) is 10.6 Å². The van der Waals surface area contributed by atoms with Crippen LogP contribution in [-0.2, 0) is 19.1 Å². The Morgan fingerprint density at radius 3 is 2.79 bits per heavy atom. The van der Waals surface area contributed by atoms with Crippen molar-refractivity contribution in [1.29, 1.82) is 0 Å². The van der Waals surface area contributed by atoms with E-state index in [1.54, 1.807) is 29.0 Å². The molecule has 1 aromatic carbocycles. The number of esters is 2. The SMILES string of the molecule is CC1CC(OC(=O)/C=C/c2cn(-c3ccccc3)nc2-c2cccs2)C(=O)O1. The highest BCUT2D eigenvalue weighted by Crippen LogP contribution is 2.28. The number of thiophene rings is 1. The number of hydrogen-bond acceptors (Lipinski definition) is 6. The predicted molar refractivity (Wildman–Crippen MR) is 106 cm³/mol. The van der Waals surface area contributed by atoms with Crippen LogP contribution in [-0.4, -0.2) is 33.9 Å². The van der Waals surface area contributed by atoms with Gasteiger partial charge in [-0.25, -0.2) is 14.3 Å². The highest BCUT2D eigenvalue weighted by molar-refractivity contribution is 7.13. The highest BCUT2D eigenvalue weighted by Gasteiger charge is 2.34. The molecule has 0 spiro atoms. The lowest BCUT2D eigenvalue weighted by molar-refractivity contribution is -0.157. The van der Waals surface area contributed by atoms with Gasteiger partial charge in [-0.05, 0) is 36.6 Å². The molecular formula is C21H18N2O4S. The first kappa shape index (κ1) is 18.2. The number of aromatic nitrogens is 2. The summed E-state index contributed by atoms with van der Waals surface area (Å²) < 4.78 is 12.0. The van der Waals surface area contributed by atoms with Crippen LogP contribution >= 0.6 is 11.3 Å². The zero-order chi connectivity index (χ0) is 19.5. The molecule has 142 valence electrons. The fourth-order valence-corrected chi connectivity index (χ4v) is 3.71. The zero-order valence-electron chi connectivity index (χ0n) is 15.1. The third-order valence-corrected chi connectivity index (χ3v) is 5.18. The average Bonchev–Trinajstić information content (AvgIpc) is 3.41. The van der Waals surface area contributed by atoms with E-state index in [-0.39, 0.29) is 6.10 Å². The van der Waals surface area contributed by atoms with Gasteiger partial charge in [0.25, 0.3) is 0 Å². The lowest BCUT2D eigenvalue weighted by atomic mass is 10.2. The molecule has 1 saturated heterocycles. The summed E-state index contributed by atoms with van der Waals surface area (Å²) in [5.41, 5.74) is 2.48. The first-order chi connectivity index (χ1) is 13.6. The molecule has 2 atom stereocenters. The first-order valence-electron chi connectivity index (χ1n) is 8.88. The monoisotopic (exact) mass is 394 g/mol. The van der Waals surface area contributed by atoms with Crippen molar-refractivity contribution in [1.82, 2.24) is 9.78 Å². The van der Waals surface area contributed by atoms with Crippen molar-refractivity contribution in [2.75, 3.05) is 0 Å². The summed E-state index contributed by atoms with van der Waals surface area (Å²) in [6.45, 7) is 1.77. The van der Waals surface area contributed by atoms with Gasteiger partial charge in [0, 0.05) is 24.3 Å². The molecule has 0 N–H and O–H groups in total. The fourth-order valence-electron chi connectivity index (χ4n) is 2.98. The second kappa shape index (κ2) is 7.82. The molecular weight excluding hydrogens is 376 g/mol. The van der Waals surface area contributed by atoms with Crippen molar-refractivity contribution in [3.05, 3.63) is 65.7 Å². The van der Waals surface area contributed by atoms with Crippen molar-refractivity contribution in [3.8, 4) is 16.3 Å². The lowest BCUT2D eigenvalue weighted by Crippen LogP contribution is -2.21. The molecule has 2 unspecified atom stereocenters. The molecule has 28 heavy (non-hydrogen) atoms. The van der Waals surface area contributed by atoms with E-state index in [2.05, 4.69) is 5.10 Å². The number of para-hydroxylation sites is 1. The molecule has 2 aromatic heterocycles. The van der Waals surface area contributed by atoms with Crippen LogP contribution in [0.25, 0.3) is 22.3 Å². The van der Waals surface area contributed by atoms with Gasteiger partial charge < -0.3 is 9.47 Å². The van der Waals surface area contributed by atoms with Crippen LogP contribution in [0.4, 0.5) is 0 Å². The molecule has 1 fully saturated rings. The summed E-state index contributed by atoms with van der Waals surface area (Å²) in [6.07, 6.45) is 4.15. The Balaban J connectivity index is 1.58. The van der Waals surface area contributed by atoms with Crippen LogP contribution in [0.2, 0.25) is 0 Å². The fraction of sp³-hybridized carbons (Fsp3) is 0.190. The number of ether oxygens (including phenoxy) is 2. The number of carbonyl (C=O) groups excluding carboxylic acids is 2. The molecule has 3 aromatic rings. The van der Waals surface area contributed by atoms with Gasteiger partial charge in [0.1, 0.15) is 11.8 Å². The van der Waals surface area contributed by atoms with E-state index in [1.165, 1.54) is 6.08 Å². The van der Waals surface area contributed by atoms with Crippen molar-refractivity contribution >= 4 is 29.4 Å². The Morgan fingerprint density at radius 2 is 2.11 bits per heavy atom. The topological polar surface area (TPSA) is 70.4 Å². The summed E-state index contributed by atoms with van der Waals surface area (Å²) in [7, 11) is 0. The van der Waals surface area contributed by atoms with E-state index in [1.807, 2.05) is 54.0 Å². The van der Waals surface area contributed by atoms with Gasteiger partial charge in [-0.1, -0.05) is 24.3 Å². The third kappa shape index (κ3) is 3.89. The standard InChI is InChI=1S/C21H18N2O4S/c1-14-12-17(21(25)26-14)27-19(24)10-9-15-13-23(16-6-3-2-4-7-16)22-20(15)18-8-5-11-28-18/h2-11,13-14,17H,12H2,1H3/b10-9+. The summed E-state index contributed by atoms with van der Waals surface area (Å²) >= 11 is 1.57. The van der Waals surface area contributed by atoms with Gasteiger partial charge in [-0.3, -0.25) is 0 Å². The number of rotatable bonds is 5. The summed E-state index contributed by atoms with van der Waals surface area (Å²) in [5, 5.41) is 6.65.